The van der Waals surface area contributed by atoms with E-state index in [2.05, 4.69) is 10.3 Å². The Morgan fingerprint density at radius 1 is 1.05 bits per heavy atom. The molecule has 0 atom stereocenters. The van der Waals surface area contributed by atoms with Crippen molar-refractivity contribution >= 4 is 32.5 Å². The van der Waals surface area contributed by atoms with Gasteiger partial charge < -0.3 is 10.3 Å². The molecule has 0 spiro atoms. The molecular formula is C15H13N3O3S. The second-order valence-corrected chi connectivity index (χ2v) is 6.36. The Bertz CT molecular complexity index is 928. The first-order valence-electron chi connectivity index (χ1n) is 6.45. The Kier molecular flexibility index (Phi) is 3.44. The normalized spacial score (nSPS) is 11.5. The second-order valence-electron chi connectivity index (χ2n) is 4.80. The van der Waals surface area contributed by atoms with E-state index in [0.717, 1.165) is 10.9 Å². The number of fused-ring (bicyclic) bond motifs is 1. The highest BCUT2D eigenvalue weighted by Gasteiger charge is 2.12. The van der Waals surface area contributed by atoms with Crippen molar-refractivity contribution in [2.75, 3.05) is 5.32 Å². The summed E-state index contributed by atoms with van der Waals surface area (Å²) in [4.78, 5) is 15.2. The molecule has 0 aliphatic heterocycles. The maximum atomic E-state index is 12.2. The molecule has 4 N–H and O–H groups in total. The molecule has 0 radical (unpaired) electrons. The summed E-state index contributed by atoms with van der Waals surface area (Å²) in [6, 6.07) is 15.0. The highest BCUT2D eigenvalue weighted by Crippen LogP contribution is 2.18. The van der Waals surface area contributed by atoms with Gasteiger partial charge in [-0.2, -0.15) is 0 Å². The molecule has 0 saturated heterocycles. The number of para-hydroxylation sites is 1. The first-order valence-corrected chi connectivity index (χ1v) is 8.00. The molecular weight excluding hydrogens is 302 g/mol. The fourth-order valence-electron chi connectivity index (χ4n) is 2.14. The van der Waals surface area contributed by atoms with Crippen molar-refractivity contribution in [1.82, 2.24) is 4.98 Å². The lowest BCUT2D eigenvalue weighted by Gasteiger charge is -2.05. The summed E-state index contributed by atoms with van der Waals surface area (Å²) in [6.07, 6.45) is 0. The average molecular weight is 315 g/mol. The van der Waals surface area contributed by atoms with Crippen LogP contribution in [0.2, 0.25) is 0 Å². The Morgan fingerprint density at radius 3 is 2.55 bits per heavy atom. The maximum absolute atomic E-state index is 12.2. The Morgan fingerprint density at radius 2 is 1.82 bits per heavy atom. The van der Waals surface area contributed by atoms with Gasteiger partial charge in [0.2, 0.25) is 10.0 Å². The van der Waals surface area contributed by atoms with E-state index in [0.29, 0.717) is 11.4 Å². The lowest BCUT2D eigenvalue weighted by Crippen LogP contribution is -2.15. The van der Waals surface area contributed by atoms with Crippen LogP contribution in [0.1, 0.15) is 10.5 Å². The summed E-state index contributed by atoms with van der Waals surface area (Å²) in [6.45, 7) is 0. The van der Waals surface area contributed by atoms with Crippen LogP contribution in [0.25, 0.3) is 10.9 Å². The van der Waals surface area contributed by atoms with Gasteiger partial charge in [0, 0.05) is 16.6 Å². The van der Waals surface area contributed by atoms with Gasteiger partial charge in [-0.25, -0.2) is 13.6 Å². The zero-order valence-electron chi connectivity index (χ0n) is 11.4. The number of hydrogen-bond donors (Lipinski definition) is 3. The SMILES string of the molecule is NS(=O)(=O)c1cccc(NC(=O)c2cc3ccccc3[nH]2)c1. The van der Waals surface area contributed by atoms with Gasteiger partial charge in [-0.15, -0.1) is 0 Å². The summed E-state index contributed by atoms with van der Waals surface area (Å²) >= 11 is 0. The molecule has 1 amide bonds. The van der Waals surface area contributed by atoms with Gasteiger partial charge in [0.25, 0.3) is 5.91 Å². The predicted molar refractivity (Wildman–Crippen MR) is 84.1 cm³/mol. The van der Waals surface area contributed by atoms with E-state index in [4.69, 9.17) is 5.14 Å². The summed E-state index contributed by atoms with van der Waals surface area (Å²) < 4.78 is 22.6. The fourth-order valence-corrected chi connectivity index (χ4v) is 2.70. The Hall–Kier alpha value is -2.64. The molecule has 0 unspecified atom stereocenters. The Labute approximate surface area is 127 Å². The van der Waals surface area contributed by atoms with E-state index < -0.39 is 10.0 Å². The van der Waals surface area contributed by atoms with Gasteiger partial charge in [-0.05, 0) is 30.3 Å². The van der Waals surface area contributed by atoms with Crippen molar-refractivity contribution < 1.29 is 13.2 Å². The van der Waals surface area contributed by atoms with Crippen LogP contribution >= 0.6 is 0 Å². The van der Waals surface area contributed by atoms with E-state index in [-0.39, 0.29) is 10.8 Å². The minimum absolute atomic E-state index is 0.0538. The Balaban J connectivity index is 1.88. The van der Waals surface area contributed by atoms with Crippen LogP contribution < -0.4 is 10.5 Å². The number of rotatable bonds is 3. The molecule has 1 heterocycles. The van der Waals surface area contributed by atoms with Gasteiger partial charge in [-0.3, -0.25) is 4.79 Å². The minimum atomic E-state index is -3.81. The molecule has 6 nitrogen and oxygen atoms in total. The topological polar surface area (TPSA) is 105 Å². The highest BCUT2D eigenvalue weighted by atomic mass is 32.2. The maximum Gasteiger partial charge on any atom is 0.272 e. The van der Waals surface area contributed by atoms with Crippen LogP contribution in [0, 0.1) is 0 Å². The molecule has 0 aliphatic carbocycles. The van der Waals surface area contributed by atoms with Gasteiger partial charge in [0.15, 0.2) is 0 Å². The third kappa shape index (κ3) is 2.85. The molecule has 2 aromatic carbocycles. The van der Waals surface area contributed by atoms with Gasteiger partial charge in [0.05, 0.1) is 4.90 Å². The molecule has 0 bridgehead atoms. The van der Waals surface area contributed by atoms with Crippen molar-refractivity contribution in [1.29, 1.82) is 0 Å². The van der Waals surface area contributed by atoms with E-state index in [1.54, 1.807) is 12.1 Å². The average Bonchev–Trinajstić information content (AvgIpc) is 2.90. The van der Waals surface area contributed by atoms with Crippen molar-refractivity contribution in [3.8, 4) is 0 Å². The lowest BCUT2D eigenvalue weighted by atomic mass is 10.2. The number of H-pyrrole nitrogens is 1. The number of carbonyl (C=O) groups excluding carboxylic acids is 1. The number of hydrogen-bond acceptors (Lipinski definition) is 3. The van der Waals surface area contributed by atoms with E-state index in [9.17, 15) is 13.2 Å². The van der Waals surface area contributed by atoms with Crippen molar-refractivity contribution in [2.45, 2.75) is 4.90 Å². The van der Waals surface area contributed by atoms with Crippen LogP contribution in [0.3, 0.4) is 0 Å². The van der Waals surface area contributed by atoms with Crippen LogP contribution in [-0.2, 0) is 10.0 Å². The standard InChI is InChI=1S/C15H13N3O3S/c16-22(20,21)12-6-3-5-11(9-12)17-15(19)14-8-10-4-1-2-7-13(10)18-14/h1-9,18H,(H,17,19)(H2,16,20,21). The van der Waals surface area contributed by atoms with Gasteiger partial charge in [0.1, 0.15) is 5.69 Å². The van der Waals surface area contributed by atoms with Gasteiger partial charge >= 0.3 is 0 Å². The summed E-state index contributed by atoms with van der Waals surface area (Å²) in [7, 11) is -3.81. The first-order chi connectivity index (χ1) is 10.4. The summed E-state index contributed by atoms with van der Waals surface area (Å²) in [5, 5.41) is 8.64. The monoisotopic (exact) mass is 315 g/mol. The molecule has 3 rings (SSSR count). The molecule has 3 aromatic rings. The number of benzene rings is 2. The quantitative estimate of drug-likeness (QED) is 0.689. The van der Waals surface area contributed by atoms with E-state index in [1.165, 1.54) is 18.2 Å². The first kappa shape index (κ1) is 14.3. The smallest absolute Gasteiger partial charge is 0.272 e. The predicted octanol–water partition coefficient (Wildman–Crippen LogP) is 2.07. The molecule has 1 aromatic heterocycles. The zero-order chi connectivity index (χ0) is 15.7. The van der Waals surface area contributed by atoms with Crippen molar-refractivity contribution in [3.05, 3.63) is 60.3 Å². The number of aromatic nitrogens is 1. The molecule has 112 valence electrons. The molecule has 0 saturated carbocycles. The third-order valence-electron chi connectivity index (χ3n) is 3.20. The zero-order valence-corrected chi connectivity index (χ0v) is 12.2. The van der Waals surface area contributed by atoms with Crippen LogP contribution in [0.15, 0.2) is 59.5 Å². The number of carbonyl (C=O) groups is 1. The lowest BCUT2D eigenvalue weighted by molar-refractivity contribution is 0.102. The number of nitrogens with two attached hydrogens (primary N) is 1. The summed E-state index contributed by atoms with van der Waals surface area (Å²) in [5.41, 5.74) is 1.60. The largest absolute Gasteiger partial charge is 0.351 e. The van der Waals surface area contributed by atoms with Crippen LogP contribution in [0.4, 0.5) is 5.69 Å². The molecule has 0 fully saturated rings. The number of anilines is 1. The number of aromatic amines is 1. The van der Waals surface area contributed by atoms with Crippen molar-refractivity contribution in [3.63, 3.8) is 0 Å². The van der Waals surface area contributed by atoms with E-state index >= 15 is 0 Å². The summed E-state index contributed by atoms with van der Waals surface area (Å²) in [5.74, 6) is -0.359. The molecule has 0 aliphatic rings. The minimum Gasteiger partial charge on any atom is -0.351 e. The second kappa shape index (κ2) is 5.28. The number of amides is 1. The van der Waals surface area contributed by atoms with Gasteiger partial charge in [-0.1, -0.05) is 24.3 Å². The fraction of sp³-hybridized carbons (Fsp3) is 0. The van der Waals surface area contributed by atoms with E-state index in [1.807, 2.05) is 24.3 Å². The number of primary sulfonamides is 1. The van der Waals surface area contributed by atoms with Crippen LogP contribution in [-0.4, -0.2) is 19.3 Å². The number of nitrogens with one attached hydrogen (secondary N) is 2. The molecule has 7 heteroatoms. The number of sulfonamides is 1. The van der Waals surface area contributed by atoms with Crippen molar-refractivity contribution in [2.24, 2.45) is 5.14 Å². The molecule has 22 heavy (non-hydrogen) atoms. The third-order valence-corrected chi connectivity index (χ3v) is 4.11. The highest BCUT2D eigenvalue weighted by molar-refractivity contribution is 7.89. The van der Waals surface area contributed by atoms with Crippen LogP contribution in [0.5, 0.6) is 0 Å².